The van der Waals surface area contributed by atoms with Crippen molar-refractivity contribution in [2.45, 2.75) is 30.3 Å². The second-order valence-electron chi connectivity index (χ2n) is 8.08. The first-order valence-electron chi connectivity index (χ1n) is 10.0. The number of benzene rings is 2. The number of urea groups is 1. The molecule has 12 heteroatoms. The zero-order chi connectivity index (χ0) is 25.1. The van der Waals surface area contributed by atoms with Crippen molar-refractivity contribution in [3.8, 4) is 17.6 Å². The number of ether oxygens (including phenoxy) is 1. The van der Waals surface area contributed by atoms with Crippen LogP contribution in [0.4, 0.5) is 4.79 Å². The van der Waals surface area contributed by atoms with E-state index in [1.807, 2.05) is 6.07 Å². The van der Waals surface area contributed by atoms with Crippen molar-refractivity contribution < 1.29 is 32.7 Å². The zero-order valence-corrected chi connectivity index (χ0v) is 19.2. The van der Waals surface area contributed by atoms with Gasteiger partial charge in [-0.1, -0.05) is 12.1 Å². The van der Waals surface area contributed by atoms with E-state index in [4.69, 9.17) is 10.00 Å². The van der Waals surface area contributed by atoms with Gasteiger partial charge in [-0.3, -0.25) is 19.7 Å². The monoisotopic (exact) mass is 486 g/mol. The fourth-order valence-electron chi connectivity index (χ4n) is 3.35. The molecule has 2 aromatic carbocycles. The van der Waals surface area contributed by atoms with Crippen molar-refractivity contribution in [1.29, 1.82) is 5.26 Å². The lowest BCUT2D eigenvalue weighted by molar-refractivity contribution is -0.160. The second kappa shape index (κ2) is 9.50. The standard InChI is InChI=1S/C22H22N4O7S/c1-22(2)20(28)25(21(29)24-22)12-16(26(30)14-27)13-34(31,32)19-6-4-3-5-18(19)33-17-9-7-15(11-23)8-10-17/h3-10,14,16,30H,12-13H2,1-2H3,(H,24,29). The van der Waals surface area contributed by atoms with E-state index in [9.17, 15) is 28.0 Å². The molecular weight excluding hydrogens is 464 g/mol. The Labute approximate surface area is 196 Å². The van der Waals surface area contributed by atoms with Crippen molar-refractivity contribution >= 4 is 28.2 Å². The van der Waals surface area contributed by atoms with Crippen LogP contribution in [0.15, 0.2) is 53.4 Å². The summed E-state index contributed by atoms with van der Waals surface area (Å²) >= 11 is 0. The van der Waals surface area contributed by atoms with Crippen molar-refractivity contribution in [1.82, 2.24) is 15.3 Å². The molecule has 2 aromatic rings. The summed E-state index contributed by atoms with van der Waals surface area (Å²) in [5.41, 5.74) is -0.805. The van der Waals surface area contributed by atoms with Crippen LogP contribution in [-0.4, -0.2) is 65.8 Å². The highest BCUT2D eigenvalue weighted by molar-refractivity contribution is 7.91. The molecule has 34 heavy (non-hydrogen) atoms. The average Bonchev–Trinajstić information content (AvgIpc) is 3.00. The van der Waals surface area contributed by atoms with Gasteiger partial charge in [0.2, 0.25) is 6.41 Å². The number of nitrogens with zero attached hydrogens (tertiary/aromatic N) is 3. The third-order valence-corrected chi connectivity index (χ3v) is 6.96. The molecule has 1 aliphatic rings. The van der Waals surface area contributed by atoms with Gasteiger partial charge in [0, 0.05) is 0 Å². The number of hydroxylamine groups is 2. The summed E-state index contributed by atoms with van der Waals surface area (Å²) in [4.78, 5) is 36.4. The number of hydrogen-bond acceptors (Lipinski definition) is 8. The van der Waals surface area contributed by atoms with E-state index in [1.165, 1.54) is 56.3 Å². The number of sulfone groups is 1. The minimum absolute atomic E-state index is 0.00291. The van der Waals surface area contributed by atoms with Gasteiger partial charge in [0.1, 0.15) is 21.9 Å². The summed E-state index contributed by atoms with van der Waals surface area (Å²) in [5, 5.41) is 21.5. The molecule has 0 radical (unpaired) electrons. The molecule has 178 valence electrons. The molecular formula is C22H22N4O7S. The van der Waals surface area contributed by atoms with Crippen LogP contribution in [0.3, 0.4) is 0 Å². The van der Waals surface area contributed by atoms with E-state index in [1.54, 1.807) is 6.07 Å². The molecule has 0 aromatic heterocycles. The van der Waals surface area contributed by atoms with E-state index in [2.05, 4.69) is 5.32 Å². The zero-order valence-electron chi connectivity index (χ0n) is 18.3. The second-order valence-corrected chi connectivity index (χ2v) is 10.1. The number of hydrogen-bond donors (Lipinski definition) is 2. The van der Waals surface area contributed by atoms with Gasteiger partial charge in [0.05, 0.1) is 30.0 Å². The molecule has 3 rings (SSSR count). The molecule has 0 saturated carbocycles. The Morgan fingerprint density at radius 2 is 1.85 bits per heavy atom. The lowest BCUT2D eigenvalue weighted by Gasteiger charge is -2.26. The maximum atomic E-state index is 13.3. The molecule has 0 aliphatic carbocycles. The Morgan fingerprint density at radius 1 is 1.21 bits per heavy atom. The van der Waals surface area contributed by atoms with Gasteiger partial charge >= 0.3 is 6.03 Å². The average molecular weight is 487 g/mol. The van der Waals surface area contributed by atoms with E-state index in [-0.39, 0.29) is 27.9 Å². The van der Waals surface area contributed by atoms with Crippen LogP contribution in [0.1, 0.15) is 19.4 Å². The van der Waals surface area contributed by atoms with E-state index in [0.717, 1.165) is 4.90 Å². The molecule has 2 N–H and O–H groups in total. The number of carbonyl (C=O) groups is 3. The van der Waals surface area contributed by atoms with Crippen LogP contribution >= 0.6 is 0 Å². The third-order valence-electron chi connectivity index (χ3n) is 5.13. The van der Waals surface area contributed by atoms with Gasteiger partial charge in [-0.25, -0.2) is 18.3 Å². The maximum Gasteiger partial charge on any atom is 0.325 e. The van der Waals surface area contributed by atoms with E-state index in [0.29, 0.717) is 5.56 Å². The SMILES string of the molecule is CC1(C)NC(=O)N(CC(CS(=O)(=O)c2ccccc2Oc2ccc(C#N)cc2)N(O)C=O)C1=O. The summed E-state index contributed by atoms with van der Waals surface area (Å²) in [5.74, 6) is -1.15. The van der Waals surface area contributed by atoms with Crippen molar-refractivity contribution in [2.24, 2.45) is 0 Å². The largest absolute Gasteiger partial charge is 0.456 e. The fraction of sp³-hybridized carbons (Fsp3) is 0.273. The van der Waals surface area contributed by atoms with Gasteiger partial charge in [0.15, 0.2) is 9.84 Å². The van der Waals surface area contributed by atoms with Crippen LogP contribution in [-0.2, 0) is 19.4 Å². The van der Waals surface area contributed by atoms with Gasteiger partial charge in [-0.15, -0.1) is 0 Å². The first-order valence-corrected chi connectivity index (χ1v) is 11.7. The van der Waals surface area contributed by atoms with Gasteiger partial charge in [-0.2, -0.15) is 5.26 Å². The Bertz CT molecular complexity index is 1250. The first-order chi connectivity index (χ1) is 16.0. The van der Waals surface area contributed by atoms with Crippen LogP contribution in [0, 0.1) is 11.3 Å². The number of carbonyl (C=O) groups excluding carboxylic acids is 3. The summed E-state index contributed by atoms with van der Waals surface area (Å²) < 4.78 is 32.2. The summed E-state index contributed by atoms with van der Waals surface area (Å²) in [6, 6.07) is 11.6. The van der Waals surface area contributed by atoms with Crippen LogP contribution in [0.2, 0.25) is 0 Å². The third kappa shape index (κ3) is 5.16. The number of nitriles is 1. The van der Waals surface area contributed by atoms with Crippen LogP contribution in [0.25, 0.3) is 0 Å². The van der Waals surface area contributed by atoms with Gasteiger partial charge < -0.3 is 10.1 Å². The normalized spacial score (nSPS) is 15.9. The van der Waals surface area contributed by atoms with Crippen molar-refractivity contribution in [2.75, 3.05) is 12.3 Å². The first kappa shape index (κ1) is 24.7. The molecule has 0 bridgehead atoms. The summed E-state index contributed by atoms with van der Waals surface area (Å²) in [6.45, 7) is 2.42. The number of nitrogens with one attached hydrogen (secondary N) is 1. The summed E-state index contributed by atoms with van der Waals surface area (Å²) in [7, 11) is -4.19. The molecule has 1 atom stereocenters. The van der Waals surface area contributed by atoms with Crippen molar-refractivity contribution in [3.63, 3.8) is 0 Å². The Kier molecular flexibility index (Phi) is 6.90. The fourth-order valence-corrected chi connectivity index (χ4v) is 5.00. The molecule has 4 amide bonds. The maximum absolute atomic E-state index is 13.3. The number of amides is 4. The van der Waals surface area contributed by atoms with Crippen LogP contribution in [0.5, 0.6) is 11.5 Å². The highest BCUT2D eigenvalue weighted by atomic mass is 32.2. The van der Waals surface area contributed by atoms with Gasteiger partial charge in [-0.05, 0) is 50.2 Å². The molecule has 1 aliphatic heterocycles. The predicted molar refractivity (Wildman–Crippen MR) is 118 cm³/mol. The summed E-state index contributed by atoms with van der Waals surface area (Å²) in [6.07, 6.45) is 0.00291. The predicted octanol–water partition coefficient (Wildman–Crippen LogP) is 1.67. The van der Waals surface area contributed by atoms with Gasteiger partial charge in [0.25, 0.3) is 5.91 Å². The number of rotatable bonds is 9. The van der Waals surface area contributed by atoms with E-state index >= 15 is 0 Å². The minimum atomic E-state index is -4.19. The Hall–Kier alpha value is -3.95. The minimum Gasteiger partial charge on any atom is -0.456 e. The molecule has 1 heterocycles. The molecule has 0 spiro atoms. The number of para-hydroxylation sites is 1. The lowest BCUT2D eigenvalue weighted by atomic mass is 10.1. The highest BCUT2D eigenvalue weighted by Gasteiger charge is 2.46. The highest BCUT2D eigenvalue weighted by Crippen LogP contribution is 2.30. The molecule has 1 saturated heterocycles. The lowest BCUT2D eigenvalue weighted by Crippen LogP contribution is -2.48. The molecule has 1 unspecified atom stereocenters. The number of imide groups is 1. The molecule has 11 nitrogen and oxygen atoms in total. The smallest absolute Gasteiger partial charge is 0.325 e. The Balaban J connectivity index is 1.88. The topological polar surface area (TPSA) is 157 Å². The quantitative estimate of drug-likeness (QED) is 0.234. The Morgan fingerprint density at radius 3 is 2.41 bits per heavy atom. The van der Waals surface area contributed by atoms with Crippen LogP contribution < -0.4 is 10.1 Å². The molecule has 1 fully saturated rings. The van der Waals surface area contributed by atoms with E-state index < -0.39 is 45.7 Å². The van der Waals surface area contributed by atoms with Crippen molar-refractivity contribution in [3.05, 3.63) is 54.1 Å².